The molecule has 3 heteroatoms. The minimum Gasteiger partial charge on any atom is -0.290 e. The van der Waals surface area contributed by atoms with Gasteiger partial charge in [-0.05, 0) is 67.0 Å². The van der Waals surface area contributed by atoms with Crippen LogP contribution in [-0.2, 0) is 11.5 Å². The first-order valence-electron chi connectivity index (χ1n) is 6.30. The summed E-state index contributed by atoms with van der Waals surface area (Å²) in [5.41, 5.74) is 1.96. The topological polar surface area (TPSA) is 19.9 Å². The summed E-state index contributed by atoms with van der Waals surface area (Å²) < 4.78 is 12.7. The average molecular weight is 275 g/mol. The number of rotatable bonds is 5. The van der Waals surface area contributed by atoms with Crippen LogP contribution in [-0.4, -0.2) is 5.75 Å². The van der Waals surface area contributed by atoms with Crippen LogP contribution in [0.4, 0.5) is 4.39 Å². The van der Waals surface area contributed by atoms with Gasteiger partial charge < -0.3 is 0 Å². The number of thioether (sulfide) groups is 1. The maximum absolute atomic E-state index is 12.7. The molecular formula is C16H16FOS. The van der Waals surface area contributed by atoms with Crippen LogP contribution in [0, 0.1) is 12.7 Å². The summed E-state index contributed by atoms with van der Waals surface area (Å²) in [6.07, 6.45) is 1.99. The molecule has 0 fully saturated rings. The van der Waals surface area contributed by atoms with Crippen molar-refractivity contribution in [3.8, 4) is 5.75 Å². The second kappa shape index (κ2) is 6.62. The Hall–Kier alpha value is -1.48. The van der Waals surface area contributed by atoms with E-state index in [4.69, 9.17) is 0 Å². The van der Waals surface area contributed by atoms with E-state index in [2.05, 4.69) is 0 Å². The number of hydrogen-bond acceptors (Lipinski definition) is 1. The highest BCUT2D eigenvalue weighted by Crippen LogP contribution is 2.25. The van der Waals surface area contributed by atoms with Crippen molar-refractivity contribution < 1.29 is 9.50 Å². The molecule has 0 aromatic heterocycles. The lowest BCUT2D eigenvalue weighted by Gasteiger charge is -2.04. The van der Waals surface area contributed by atoms with Crippen molar-refractivity contribution in [3.63, 3.8) is 0 Å². The molecule has 0 aliphatic heterocycles. The van der Waals surface area contributed by atoms with Gasteiger partial charge in [0, 0.05) is 4.90 Å². The third-order valence-electron chi connectivity index (χ3n) is 2.94. The van der Waals surface area contributed by atoms with Crippen molar-refractivity contribution >= 4 is 11.8 Å². The Morgan fingerprint density at radius 2 is 1.84 bits per heavy atom. The predicted octanol–water partition coefficient (Wildman–Crippen LogP) is 5.00. The van der Waals surface area contributed by atoms with Crippen LogP contribution in [0.2, 0.25) is 0 Å². The molecule has 2 rings (SSSR count). The minimum absolute atomic E-state index is 0.0932. The predicted molar refractivity (Wildman–Crippen MR) is 76.8 cm³/mol. The SMILES string of the molecule is Cc1cc(SCCCc2ccc(F)cc2)ccc1[O]. The van der Waals surface area contributed by atoms with Gasteiger partial charge in [-0.3, -0.25) is 5.11 Å². The second-order valence-electron chi connectivity index (χ2n) is 4.51. The van der Waals surface area contributed by atoms with Crippen molar-refractivity contribution in [2.75, 3.05) is 5.75 Å². The first-order valence-corrected chi connectivity index (χ1v) is 7.28. The molecule has 0 atom stereocenters. The molecule has 0 aliphatic rings. The molecule has 0 aliphatic carbocycles. The summed E-state index contributed by atoms with van der Waals surface area (Å²) in [6, 6.07) is 12.1. The molecule has 0 heterocycles. The van der Waals surface area contributed by atoms with E-state index in [1.165, 1.54) is 12.1 Å². The van der Waals surface area contributed by atoms with Crippen molar-refractivity contribution in [3.05, 3.63) is 59.4 Å². The second-order valence-corrected chi connectivity index (χ2v) is 5.67. The Kier molecular flexibility index (Phi) is 4.86. The van der Waals surface area contributed by atoms with E-state index in [9.17, 15) is 9.50 Å². The van der Waals surface area contributed by atoms with Crippen LogP contribution in [0.1, 0.15) is 17.5 Å². The zero-order chi connectivity index (χ0) is 13.7. The summed E-state index contributed by atoms with van der Waals surface area (Å²) in [6.45, 7) is 1.84. The minimum atomic E-state index is -0.189. The van der Waals surface area contributed by atoms with E-state index in [1.54, 1.807) is 17.8 Å². The van der Waals surface area contributed by atoms with Gasteiger partial charge in [-0.1, -0.05) is 12.1 Å². The van der Waals surface area contributed by atoms with Crippen LogP contribution in [0.15, 0.2) is 47.4 Å². The van der Waals surface area contributed by atoms with E-state index in [-0.39, 0.29) is 11.6 Å². The zero-order valence-electron chi connectivity index (χ0n) is 10.9. The van der Waals surface area contributed by atoms with Crippen molar-refractivity contribution in [2.24, 2.45) is 0 Å². The summed E-state index contributed by atoms with van der Waals surface area (Å²) in [5, 5.41) is 11.3. The number of hydrogen-bond donors (Lipinski definition) is 0. The van der Waals surface area contributed by atoms with Gasteiger partial charge in [-0.2, -0.15) is 0 Å². The van der Waals surface area contributed by atoms with Crippen LogP contribution in [0.5, 0.6) is 5.75 Å². The lowest BCUT2D eigenvalue weighted by atomic mass is 10.1. The van der Waals surface area contributed by atoms with Crippen LogP contribution < -0.4 is 0 Å². The van der Waals surface area contributed by atoms with E-state index in [0.717, 1.165) is 34.6 Å². The average Bonchev–Trinajstić information content (AvgIpc) is 2.41. The third kappa shape index (κ3) is 4.28. The summed E-state index contributed by atoms with van der Waals surface area (Å²) >= 11 is 1.75. The normalized spacial score (nSPS) is 10.6. The summed E-state index contributed by atoms with van der Waals surface area (Å²) in [4.78, 5) is 1.14. The van der Waals surface area contributed by atoms with Gasteiger partial charge >= 0.3 is 0 Å². The summed E-state index contributed by atoms with van der Waals surface area (Å²) in [5.74, 6) is 0.900. The molecule has 0 bridgehead atoms. The third-order valence-corrected chi connectivity index (χ3v) is 4.02. The lowest BCUT2D eigenvalue weighted by Crippen LogP contribution is -1.88. The largest absolute Gasteiger partial charge is 0.290 e. The Balaban J connectivity index is 1.77. The Labute approximate surface area is 117 Å². The van der Waals surface area contributed by atoms with E-state index < -0.39 is 0 Å². The van der Waals surface area contributed by atoms with E-state index in [0.29, 0.717) is 0 Å². The highest BCUT2D eigenvalue weighted by molar-refractivity contribution is 7.99. The highest BCUT2D eigenvalue weighted by atomic mass is 32.2. The fourth-order valence-electron chi connectivity index (χ4n) is 1.83. The molecular weight excluding hydrogens is 259 g/mol. The van der Waals surface area contributed by atoms with Gasteiger partial charge in [0.05, 0.1) is 0 Å². The molecule has 0 spiro atoms. The standard InChI is InChI=1S/C16H16FOS/c1-12-11-15(8-9-16(12)18)19-10-2-3-13-4-6-14(17)7-5-13/h4-9,11H,2-3,10H2,1H3. The molecule has 2 aromatic rings. The molecule has 0 amide bonds. The van der Waals surface area contributed by atoms with Gasteiger partial charge in [0.25, 0.3) is 0 Å². The molecule has 0 saturated heterocycles. The monoisotopic (exact) mass is 275 g/mol. The molecule has 1 radical (unpaired) electrons. The fraction of sp³-hybridized carbons (Fsp3) is 0.250. The molecule has 2 aromatic carbocycles. The Morgan fingerprint density at radius 1 is 1.11 bits per heavy atom. The van der Waals surface area contributed by atoms with E-state index >= 15 is 0 Å². The molecule has 0 saturated carbocycles. The molecule has 0 unspecified atom stereocenters. The van der Waals surface area contributed by atoms with Gasteiger partial charge in [0.15, 0.2) is 5.75 Å². The number of aryl methyl sites for hydroxylation is 2. The lowest BCUT2D eigenvalue weighted by molar-refractivity contribution is 0.351. The Bertz CT molecular complexity index is 537. The van der Waals surface area contributed by atoms with Crippen molar-refractivity contribution in [1.29, 1.82) is 0 Å². The zero-order valence-corrected chi connectivity index (χ0v) is 11.7. The fourth-order valence-corrected chi connectivity index (χ4v) is 2.78. The maximum Gasteiger partial charge on any atom is 0.181 e. The molecule has 19 heavy (non-hydrogen) atoms. The van der Waals surface area contributed by atoms with Gasteiger partial charge in [-0.25, -0.2) is 4.39 Å². The number of benzene rings is 2. The number of halogens is 1. The molecule has 0 N–H and O–H groups in total. The van der Waals surface area contributed by atoms with Crippen LogP contribution >= 0.6 is 11.8 Å². The summed E-state index contributed by atoms with van der Waals surface area (Å²) in [7, 11) is 0. The van der Waals surface area contributed by atoms with Crippen molar-refractivity contribution in [2.45, 2.75) is 24.7 Å². The first kappa shape index (κ1) is 13.9. The van der Waals surface area contributed by atoms with Gasteiger partial charge in [0.2, 0.25) is 0 Å². The van der Waals surface area contributed by atoms with Gasteiger partial charge in [0.1, 0.15) is 5.82 Å². The van der Waals surface area contributed by atoms with Crippen LogP contribution in [0.25, 0.3) is 0 Å². The van der Waals surface area contributed by atoms with E-state index in [1.807, 2.05) is 31.2 Å². The smallest absolute Gasteiger partial charge is 0.181 e. The molecule has 99 valence electrons. The van der Waals surface area contributed by atoms with Crippen LogP contribution in [0.3, 0.4) is 0 Å². The molecule has 1 nitrogen and oxygen atoms in total. The maximum atomic E-state index is 12.7. The first-order chi connectivity index (χ1) is 9.15. The highest BCUT2D eigenvalue weighted by Gasteiger charge is 2.01. The van der Waals surface area contributed by atoms with Gasteiger partial charge in [-0.15, -0.1) is 11.8 Å². The Morgan fingerprint density at radius 3 is 2.53 bits per heavy atom. The van der Waals surface area contributed by atoms with Crippen molar-refractivity contribution in [1.82, 2.24) is 0 Å². The quantitative estimate of drug-likeness (QED) is 0.555.